The number of carbonyl (C=O) groups excluding carboxylic acids is 1. The predicted molar refractivity (Wildman–Crippen MR) is 73.1 cm³/mol. The molecule has 1 N–H and O–H groups in total. The Morgan fingerprint density at radius 3 is 2.59 bits per heavy atom. The highest BCUT2D eigenvalue weighted by Gasteiger charge is 2.03. The van der Waals surface area contributed by atoms with E-state index in [1.165, 1.54) is 16.0 Å². The fourth-order valence-corrected chi connectivity index (χ4v) is 2.32. The minimum absolute atomic E-state index is 0.0614. The molecule has 1 aromatic carbocycles. The van der Waals surface area contributed by atoms with Crippen molar-refractivity contribution in [3.8, 4) is 0 Å². The Morgan fingerprint density at radius 1 is 1.29 bits per heavy atom. The van der Waals surface area contributed by atoms with Gasteiger partial charge in [-0.3, -0.25) is 10.2 Å². The average Bonchev–Trinajstić information content (AvgIpc) is 2.22. The van der Waals surface area contributed by atoms with Crippen molar-refractivity contribution in [3.63, 3.8) is 0 Å². The van der Waals surface area contributed by atoms with Crippen LogP contribution in [0.25, 0.3) is 0 Å². The number of amides is 1. The van der Waals surface area contributed by atoms with E-state index in [1.807, 2.05) is 14.1 Å². The van der Waals surface area contributed by atoms with Gasteiger partial charge in [-0.25, -0.2) is 5.01 Å². The lowest BCUT2D eigenvalue weighted by Gasteiger charge is -2.11. The third-order valence-corrected chi connectivity index (χ3v) is 3.42. The van der Waals surface area contributed by atoms with Crippen LogP contribution in [0.2, 0.25) is 0 Å². The molecule has 0 fully saturated rings. The number of hydrogen-bond acceptors (Lipinski definition) is 3. The van der Waals surface area contributed by atoms with Crippen LogP contribution in [-0.4, -0.2) is 30.8 Å². The van der Waals surface area contributed by atoms with E-state index in [2.05, 4.69) is 37.5 Å². The highest BCUT2D eigenvalue weighted by molar-refractivity contribution is 7.99. The number of carbonyl (C=O) groups is 1. The maximum Gasteiger partial charge on any atom is 0.235 e. The number of benzene rings is 1. The van der Waals surface area contributed by atoms with Gasteiger partial charge in [-0.05, 0) is 37.1 Å². The molecular formula is C13H20N2OS. The summed E-state index contributed by atoms with van der Waals surface area (Å²) in [6, 6.07) is 6.40. The van der Waals surface area contributed by atoms with Crippen molar-refractivity contribution in [2.24, 2.45) is 0 Å². The van der Waals surface area contributed by atoms with E-state index >= 15 is 0 Å². The first-order chi connectivity index (χ1) is 7.99. The summed E-state index contributed by atoms with van der Waals surface area (Å²) in [5.41, 5.74) is 5.33. The second-order valence-electron chi connectivity index (χ2n) is 4.27. The summed E-state index contributed by atoms with van der Waals surface area (Å²) in [6.45, 7) is 4.21. The lowest BCUT2D eigenvalue weighted by Crippen LogP contribution is -2.36. The Morgan fingerprint density at radius 2 is 2.00 bits per heavy atom. The number of aryl methyl sites for hydroxylation is 2. The third kappa shape index (κ3) is 5.24. The highest BCUT2D eigenvalue weighted by Crippen LogP contribution is 2.21. The van der Waals surface area contributed by atoms with Crippen molar-refractivity contribution in [2.75, 3.05) is 19.8 Å². The fraction of sp³-hybridized carbons (Fsp3) is 0.462. The first kappa shape index (κ1) is 14.1. The molecule has 0 radical (unpaired) electrons. The fourth-order valence-electron chi connectivity index (χ4n) is 1.37. The molecule has 0 unspecified atom stereocenters. The highest BCUT2D eigenvalue weighted by atomic mass is 32.2. The number of hydrogen-bond donors (Lipinski definition) is 1. The van der Waals surface area contributed by atoms with Gasteiger partial charge in [0, 0.05) is 31.2 Å². The molecule has 3 nitrogen and oxygen atoms in total. The average molecular weight is 252 g/mol. The SMILES string of the molecule is Cc1ccc(SCCC(=O)NN(C)C)cc1C. The van der Waals surface area contributed by atoms with E-state index in [-0.39, 0.29) is 5.91 Å². The van der Waals surface area contributed by atoms with Gasteiger partial charge in [-0.1, -0.05) is 6.07 Å². The minimum Gasteiger partial charge on any atom is -0.289 e. The molecule has 0 aromatic heterocycles. The summed E-state index contributed by atoms with van der Waals surface area (Å²) in [4.78, 5) is 12.6. The number of rotatable bonds is 5. The Hall–Kier alpha value is -1.00. The second kappa shape index (κ2) is 6.67. The molecular weight excluding hydrogens is 232 g/mol. The normalized spacial score (nSPS) is 10.6. The van der Waals surface area contributed by atoms with Crippen LogP contribution in [-0.2, 0) is 4.79 Å². The van der Waals surface area contributed by atoms with Crippen molar-refractivity contribution < 1.29 is 4.79 Å². The van der Waals surface area contributed by atoms with Gasteiger partial charge in [-0.15, -0.1) is 11.8 Å². The standard InChI is InChI=1S/C13H20N2OS/c1-10-5-6-12(9-11(10)2)17-8-7-13(16)14-15(3)4/h5-6,9H,7-8H2,1-4H3,(H,14,16). The smallest absolute Gasteiger partial charge is 0.235 e. The van der Waals surface area contributed by atoms with Crippen molar-refractivity contribution >= 4 is 17.7 Å². The van der Waals surface area contributed by atoms with Crippen molar-refractivity contribution in [1.82, 2.24) is 10.4 Å². The minimum atomic E-state index is 0.0614. The maximum atomic E-state index is 11.4. The molecule has 0 saturated heterocycles. The van der Waals surface area contributed by atoms with Crippen LogP contribution >= 0.6 is 11.8 Å². The number of nitrogens with zero attached hydrogens (tertiary/aromatic N) is 1. The maximum absolute atomic E-state index is 11.4. The van der Waals surface area contributed by atoms with Crippen LogP contribution in [0.3, 0.4) is 0 Å². The van der Waals surface area contributed by atoms with Crippen LogP contribution in [0.4, 0.5) is 0 Å². The molecule has 0 saturated carbocycles. The number of thioether (sulfide) groups is 1. The summed E-state index contributed by atoms with van der Waals surface area (Å²) in [5.74, 6) is 0.869. The van der Waals surface area contributed by atoms with Gasteiger partial charge in [0.2, 0.25) is 5.91 Å². The second-order valence-corrected chi connectivity index (χ2v) is 5.44. The molecule has 0 aliphatic heterocycles. The number of hydrazine groups is 1. The molecule has 0 spiro atoms. The van der Waals surface area contributed by atoms with Gasteiger partial charge in [0.15, 0.2) is 0 Å². The van der Waals surface area contributed by atoms with Gasteiger partial charge >= 0.3 is 0 Å². The van der Waals surface area contributed by atoms with E-state index in [1.54, 1.807) is 16.8 Å². The monoisotopic (exact) mass is 252 g/mol. The van der Waals surface area contributed by atoms with Crippen molar-refractivity contribution in [2.45, 2.75) is 25.2 Å². The van der Waals surface area contributed by atoms with E-state index in [9.17, 15) is 4.79 Å². The lowest BCUT2D eigenvalue weighted by atomic mass is 10.1. The molecule has 0 bridgehead atoms. The first-order valence-corrected chi connectivity index (χ1v) is 6.64. The van der Waals surface area contributed by atoms with Crippen LogP contribution in [0.1, 0.15) is 17.5 Å². The zero-order valence-electron chi connectivity index (χ0n) is 10.9. The van der Waals surface area contributed by atoms with E-state index in [4.69, 9.17) is 0 Å². The summed E-state index contributed by atoms with van der Waals surface area (Å²) < 4.78 is 0. The molecule has 0 aliphatic rings. The lowest BCUT2D eigenvalue weighted by molar-refractivity contribution is -0.124. The van der Waals surface area contributed by atoms with Gasteiger partial charge in [0.1, 0.15) is 0 Å². The number of nitrogens with one attached hydrogen (secondary N) is 1. The summed E-state index contributed by atoms with van der Waals surface area (Å²) in [5, 5.41) is 1.67. The molecule has 0 atom stereocenters. The van der Waals surface area contributed by atoms with Crippen molar-refractivity contribution in [3.05, 3.63) is 29.3 Å². The van der Waals surface area contributed by atoms with Gasteiger partial charge in [0.05, 0.1) is 0 Å². The summed E-state index contributed by atoms with van der Waals surface area (Å²) >= 11 is 1.72. The molecule has 0 heterocycles. The predicted octanol–water partition coefficient (Wildman–Crippen LogP) is 2.38. The molecule has 4 heteroatoms. The summed E-state index contributed by atoms with van der Waals surface area (Å²) in [7, 11) is 3.63. The molecule has 1 amide bonds. The zero-order chi connectivity index (χ0) is 12.8. The van der Waals surface area contributed by atoms with Gasteiger partial charge in [0.25, 0.3) is 0 Å². The Bertz CT molecular complexity index is 391. The quantitative estimate of drug-likeness (QED) is 0.645. The van der Waals surface area contributed by atoms with Crippen molar-refractivity contribution in [1.29, 1.82) is 0 Å². The third-order valence-electron chi connectivity index (χ3n) is 2.42. The zero-order valence-corrected chi connectivity index (χ0v) is 11.7. The van der Waals surface area contributed by atoms with Crippen LogP contribution < -0.4 is 5.43 Å². The topological polar surface area (TPSA) is 32.3 Å². The van der Waals surface area contributed by atoms with E-state index in [0.29, 0.717) is 6.42 Å². The molecule has 17 heavy (non-hydrogen) atoms. The van der Waals surface area contributed by atoms with Gasteiger partial charge < -0.3 is 0 Å². The Kier molecular flexibility index (Phi) is 5.51. The Labute approximate surface area is 108 Å². The van der Waals surface area contributed by atoms with E-state index in [0.717, 1.165) is 5.75 Å². The van der Waals surface area contributed by atoms with Crippen LogP contribution in [0.15, 0.2) is 23.1 Å². The van der Waals surface area contributed by atoms with Gasteiger partial charge in [-0.2, -0.15) is 0 Å². The molecule has 1 rings (SSSR count). The molecule has 1 aromatic rings. The molecule has 94 valence electrons. The van der Waals surface area contributed by atoms with Crippen LogP contribution in [0, 0.1) is 13.8 Å². The van der Waals surface area contributed by atoms with Crippen LogP contribution in [0.5, 0.6) is 0 Å². The largest absolute Gasteiger partial charge is 0.289 e. The summed E-state index contributed by atoms with van der Waals surface area (Å²) in [6.07, 6.45) is 0.537. The van der Waals surface area contributed by atoms with E-state index < -0.39 is 0 Å². The Balaban J connectivity index is 2.36. The molecule has 0 aliphatic carbocycles. The first-order valence-electron chi connectivity index (χ1n) is 5.66.